The smallest absolute Gasteiger partial charge is 0.313 e. The van der Waals surface area contributed by atoms with Gasteiger partial charge in [0.15, 0.2) is 5.60 Å². The van der Waals surface area contributed by atoms with Gasteiger partial charge in [0.25, 0.3) is 5.91 Å². The second-order valence-electron chi connectivity index (χ2n) is 9.17. The van der Waals surface area contributed by atoms with Crippen LogP contribution in [0.3, 0.4) is 0 Å². The number of hydrogen-bond donors (Lipinski definition) is 0. The van der Waals surface area contributed by atoms with Gasteiger partial charge in [-0.25, -0.2) is 0 Å². The van der Waals surface area contributed by atoms with Gasteiger partial charge < -0.3 is 14.5 Å². The molecule has 5 nitrogen and oxygen atoms in total. The lowest BCUT2D eigenvalue weighted by Crippen LogP contribution is -2.59. The van der Waals surface area contributed by atoms with Crippen molar-refractivity contribution in [2.24, 2.45) is 10.8 Å². The van der Waals surface area contributed by atoms with Crippen LogP contribution in [0.5, 0.6) is 0 Å². The highest BCUT2D eigenvalue weighted by molar-refractivity contribution is 5.96. The molecule has 1 saturated carbocycles. The number of fused-ring (bicyclic) bond motifs is 2. The van der Waals surface area contributed by atoms with Crippen molar-refractivity contribution < 1.29 is 14.3 Å². The Morgan fingerprint density at radius 2 is 1.70 bits per heavy atom. The van der Waals surface area contributed by atoms with Crippen molar-refractivity contribution in [3.63, 3.8) is 0 Å². The van der Waals surface area contributed by atoms with Crippen LogP contribution in [0, 0.1) is 24.7 Å². The standard InChI is InChI=1S/C22H30N2O3/c1-15-7-6-8-17(16(15)2)23-11-13-24(14-12-23)18(25)22-10-9-21(5,19(26)27-22)20(22,3)4/h6-8H,9-14H2,1-5H3/t21-,22-/m0/s1. The molecule has 0 unspecified atom stereocenters. The fraction of sp³-hybridized carbons (Fsp3) is 0.636. The van der Waals surface area contributed by atoms with E-state index >= 15 is 0 Å². The molecule has 1 aromatic rings. The number of anilines is 1. The van der Waals surface area contributed by atoms with E-state index < -0.39 is 16.4 Å². The third kappa shape index (κ3) is 2.23. The monoisotopic (exact) mass is 370 g/mol. The minimum absolute atomic E-state index is 0.00249. The summed E-state index contributed by atoms with van der Waals surface area (Å²) in [4.78, 5) is 30.2. The molecule has 2 bridgehead atoms. The van der Waals surface area contributed by atoms with Gasteiger partial charge in [0.2, 0.25) is 0 Å². The van der Waals surface area contributed by atoms with Crippen molar-refractivity contribution >= 4 is 17.6 Å². The second-order valence-corrected chi connectivity index (χ2v) is 9.17. The average Bonchev–Trinajstić information content (AvgIpc) is 2.94. The highest BCUT2D eigenvalue weighted by Crippen LogP contribution is 2.66. The Balaban J connectivity index is 1.52. The number of aryl methyl sites for hydroxylation is 1. The van der Waals surface area contributed by atoms with Crippen molar-refractivity contribution in [2.75, 3.05) is 31.1 Å². The molecule has 2 aliphatic heterocycles. The lowest BCUT2D eigenvalue weighted by molar-refractivity contribution is -0.174. The molecule has 0 radical (unpaired) electrons. The zero-order valence-electron chi connectivity index (χ0n) is 17.1. The number of amides is 1. The van der Waals surface area contributed by atoms with Gasteiger partial charge in [0.1, 0.15) is 0 Å². The molecule has 3 aliphatic rings. The molecule has 2 heterocycles. The number of carbonyl (C=O) groups is 2. The van der Waals surface area contributed by atoms with E-state index in [1.807, 2.05) is 25.7 Å². The summed E-state index contributed by atoms with van der Waals surface area (Å²) in [6.45, 7) is 13.2. The molecule has 1 amide bonds. The maximum Gasteiger partial charge on any atom is 0.313 e. The van der Waals surface area contributed by atoms with E-state index in [-0.39, 0.29) is 11.9 Å². The fourth-order valence-corrected chi connectivity index (χ4v) is 5.21. The van der Waals surface area contributed by atoms with Crippen LogP contribution in [-0.4, -0.2) is 48.6 Å². The fourth-order valence-electron chi connectivity index (χ4n) is 5.21. The summed E-state index contributed by atoms with van der Waals surface area (Å²) in [5, 5.41) is 0. The van der Waals surface area contributed by atoms with Gasteiger partial charge in [0, 0.05) is 37.3 Å². The molecule has 0 N–H and O–H groups in total. The predicted octanol–water partition coefficient (Wildman–Crippen LogP) is 3.07. The SMILES string of the molecule is Cc1cccc(N2CCN(C(=O)[C@]34CC[C@@](C)(C(=O)O3)C4(C)C)CC2)c1C. The Morgan fingerprint density at radius 3 is 2.26 bits per heavy atom. The average molecular weight is 370 g/mol. The number of nitrogens with zero attached hydrogens (tertiary/aromatic N) is 2. The number of carbonyl (C=O) groups excluding carboxylic acids is 2. The van der Waals surface area contributed by atoms with E-state index in [9.17, 15) is 9.59 Å². The number of ether oxygens (including phenoxy) is 1. The van der Waals surface area contributed by atoms with Crippen LogP contribution in [-0.2, 0) is 14.3 Å². The van der Waals surface area contributed by atoms with Gasteiger partial charge in [-0.05, 0) is 50.8 Å². The minimum atomic E-state index is -0.986. The molecule has 0 aromatic heterocycles. The van der Waals surface area contributed by atoms with E-state index in [4.69, 9.17) is 4.74 Å². The molecule has 1 aromatic carbocycles. The number of piperazine rings is 1. The van der Waals surface area contributed by atoms with Crippen LogP contribution in [0.4, 0.5) is 5.69 Å². The summed E-state index contributed by atoms with van der Waals surface area (Å²) >= 11 is 0. The highest BCUT2D eigenvalue weighted by Gasteiger charge is 2.76. The lowest BCUT2D eigenvalue weighted by Gasteiger charge is -2.43. The molecule has 1 aliphatic carbocycles. The molecule has 27 heavy (non-hydrogen) atoms. The predicted molar refractivity (Wildman–Crippen MR) is 105 cm³/mol. The molecule has 0 spiro atoms. The largest absolute Gasteiger partial charge is 0.448 e. The van der Waals surface area contributed by atoms with Crippen molar-refractivity contribution in [3.8, 4) is 0 Å². The van der Waals surface area contributed by atoms with Crippen LogP contribution in [0.25, 0.3) is 0 Å². The van der Waals surface area contributed by atoms with E-state index in [0.29, 0.717) is 19.5 Å². The Bertz CT molecular complexity index is 810. The summed E-state index contributed by atoms with van der Waals surface area (Å²) in [6, 6.07) is 6.38. The molecule has 5 heteroatoms. The normalized spacial score (nSPS) is 32.0. The van der Waals surface area contributed by atoms with Crippen LogP contribution >= 0.6 is 0 Å². The van der Waals surface area contributed by atoms with E-state index in [1.54, 1.807) is 0 Å². The van der Waals surface area contributed by atoms with E-state index in [2.05, 4.69) is 36.9 Å². The molecule has 2 atom stereocenters. The number of hydrogen-bond acceptors (Lipinski definition) is 4. The van der Waals surface area contributed by atoms with Crippen molar-refractivity contribution in [1.29, 1.82) is 0 Å². The van der Waals surface area contributed by atoms with Gasteiger partial charge in [-0.3, -0.25) is 9.59 Å². The summed E-state index contributed by atoms with van der Waals surface area (Å²) < 4.78 is 5.78. The maximum atomic E-state index is 13.5. The van der Waals surface area contributed by atoms with Crippen LogP contribution in [0.15, 0.2) is 18.2 Å². The third-order valence-electron chi connectivity index (χ3n) is 7.91. The Labute approximate surface area is 161 Å². The second kappa shape index (κ2) is 5.73. The first-order chi connectivity index (χ1) is 12.6. The van der Waals surface area contributed by atoms with Crippen LogP contribution in [0.2, 0.25) is 0 Å². The summed E-state index contributed by atoms with van der Waals surface area (Å²) in [5.74, 6) is -0.205. The third-order valence-corrected chi connectivity index (χ3v) is 7.91. The van der Waals surface area contributed by atoms with Crippen molar-refractivity contribution in [1.82, 2.24) is 4.90 Å². The maximum absolute atomic E-state index is 13.5. The zero-order valence-corrected chi connectivity index (χ0v) is 17.1. The molecule has 3 fully saturated rings. The molecular formula is C22H30N2O3. The van der Waals surface area contributed by atoms with Gasteiger partial charge in [-0.15, -0.1) is 0 Å². The Hall–Kier alpha value is -2.04. The minimum Gasteiger partial charge on any atom is -0.448 e. The first kappa shape index (κ1) is 18.3. The van der Waals surface area contributed by atoms with Crippen molar-refractivity contribution in [3.05, 3.63) is 29.3 Å². The van der Waals surface area contributed by atoms with Crippen LogP contribution in [0.1, 0.15) is 44.7 Å². The van der Waals surface area contributed by atoms with Gasteiger partial charge >= 0.3 is 5.97 Å². The number of esters is 1. The number of rotatable bonds is 2. The summed E-state index contributed by atoms with van der Waals surface area (Å²) in [5.41, 5.74) is 1.83. The summed E-state index contributed by atoms with van der Waals surface area (Å²) in [6.07, 6.45) is 1.37. The van der Waals surface area contributed by atoms with E-state index in [1.165, 1.54) is 16.8 Å². The molecular weight excluding hydrogens is 340 g/mol. The van der Waals surface area contributed by atoms with Gasteiger partial charge in [-0.1, -0.05) is 26.0 Å². The lowest BCUT2D eigenvalue weighted by atomic mass is 9.66. The summed E-state index contributed by atoms with van der Waals surface area (Å²) in [7, 11) is 0. The quantitative estimate of drug-likeness (QED) is 0.751. The van der Waals surface area contributed by atoms with Gasteiger partial charge in [-0.2, -0.15) is 0 Å². The topological polar surface area (TPSA) is 49.9 Å². The van der Waals surface area contributed by atoms with Crippen molar-refractivity contribution in [2.45, 2.75) is 53.1 Å². The number of benzene rings is 1. The molecule has 4 rings (SSSR count). The van der Waals surface area contributed by atoms with E-state index in [0.717, 1.165) is 19.5 Å². The Morgan fingerprint density at radius 1 is 1.04 bits per heavy atom. The van der Waals surface area contributed by atoms with Gasteiger partial charge in [0.05, 0.1) is 5.41 Å². The molecule has 146 valence electrons. The van der Waals surface area contributed by atoms with Crippen LogP contribution < -0.4 is 4.90 Å². The first-order valence-corrected chi connectivity index (χ1v) is 9.98. The zero-order chi connectivity index (χ0) is 19.6. The first-order valence-electron chi connectivity index (χ1n) is 9.98. The molecule has 2 saturated heterocycles. The Kier molecular flexibility index (Phi) is 3.89. The highest BCUT2D eigenvalue weighted by atomic mass is 16.6.